The van der Waals surface area contributed by atoms with Gasteiger partial charge in [-0.15, -0.1) is 0 Å². The average Bonchev–Trinajstić information content (AvgIpc) is 2.63. The Kier molecular flexibility index (Phi) is 6.03. The molecule has 130 valence electrons. The second-order valence-corrected chi connectivity index (χ2v) is 7.00. The van der Waals surface area contributed by atoms with Crippen LogP contribution in [0.2, 0.25) is 0 Å². The fraction of sp³-hybridized carbons (Fsp3) is 0.0870. The maximum Gasteiger partial charge on any atom is 0.123 e. The van der Waals surface area contributed by atoms with Crippen LogP contribution in [0.25, 0.3) is 0 Å². The molecule has 26 heavy (non-hydrogen) atoms. The molecule has 3 aromatic rings. The number of aliphatic imine (C=N–C) groups is 1. The Hall–Kier alpha value is -2.65. The average molecular weight is 361 g/mol. The van der Waals surface area contributed by atoms with Gasteiger partial charge in [0, 0.05) is 10.5 Å². The highest BCUT2D eigenvalue weighted by Crippen LogP contribution is 2.22. The van der Waals surface area contributed by atoms with E-state index in [1.165, 1.54) is 23.3 Å². The fourth-order valence-electron chi connectivity index (χ4n) is 2.57. The van der Waals surface area contributed by atoms with Crippen molar-refractivity contribution >= 4 is 23.2 Å². The van der Waals surface area contributed by atoms with Crippen molar-refractivity contribution in [2.24, 2.45) is 4.99 Å². The first-order valence-electron chi connectivity index (χ1n) is 8.42. The molecule has 0 radical (unpaired) electrons. The summed E-state index contributed by atoms with van der Waals surface area (Å²) in [6, 6.07) is 22.9. The first kappa shape index (κ1) is 18.2. The van der Waals surface area contributed by atoms with Gasteiger partial charge in [-0.25, -0.2) is 9.38 Å². The van der Waals surface area contributed by atoms with E-state index in [0.29, 0.717) is 0 Å². The summed E-state index contributed by atoms with van der Waals surface area (Å²) < 4.78 is 13.0. The van der Waals surface area contributed by atoms with E-state index < -0.39 is 0 Å². The number of aryl methyl sites for hydroxylation is 2. The van der Waals surface area contributed by atoms with Gasteiger partial charge in [-0.2, -0.15) is 0 Å². The lowest BCUT2D eigenvalue weighted by Gasteiger charge is -2.07. The van der Waals surface area contributed by atoms with Gasteiger partial charge >= 0.3 is 0 Å². The fourth-order valence-corrected chi connectivity index (χ4v) is 3.22. The molecule has 0 aromatic heterocycles. The molecule has 0 saturated carbocycles. The van der Waals surface area contributed by atoms with Crippen molar-refractivity contribution in [3.63, 3.8) is 0 Å². The number of allylic oxidation sites excluding steroid dienone is 1. The number of thioether (sulfide) groups is 1. The zero-order chi connectivity index (χ0) is 18.4. The molecule has 0 N–H and O–H groups in total. The van der Waals surface area contributed by atoms with Crippen LogP contribution in [0.3, 0.4) is 0 Å². The molecule has 3 heteroatoms. The summed E-state index contributed by atoms with van der Waals surface area (Å²) in [5.41, 5.74) is 5.29. The SMILES string of the molecule is Cc1cccc(N=C(/C=C/Sc2ccc(F)cc2)c2ccccc2C)c1. The second-order valence-electron chi connectivity index (χ2n) is 6.03. The van der Waals surface area contributed by atoms with Gasteiger partial charge in [0.25, 0.3) is 0 Å². The summed E-state index contributed by atoms with van der Waals surface area (Å²) in [4.78, 5) is 5.84. The summed E-state index contributed by atoms with van der Waals surface area (Å²) >= 11 is 1.54. The van der Waals surface area contributed by atoms with Crippen LogP contribution in [0.4, 0.5) is 10.1 Å². The van der Waals surface area contributed by atoms with Gasteiger partial charge in [0.15, 0.2) is 0 Å². The molecular formula is C23H20FNS. The lowest BCUT2D eigenvalue weighted by atomic mass is 10.0. The van der Waals surface area contributed by atoms with Crippen molar-refractivity contribution in [2.75, 3.05) is 0 Å². The molecule has 0 aliphatic heterocycles. The topological polar surface area (TPSA) is 12.4 Å². The summed E-state index contributed by atoms with van der Waals surface area (Å²) in [5, 5.41) is 1.99. The Morgan fingerprint density at radius 3 is 2.42 bits per heavy atom. The Balaban J connectivity index is 1.91. The Labute approximate surface area is 158 Å². The summed E-state index contributed by atoms with van der Waals surface area (Å²) in [5.74, 6) is -0.222. The molecule has 0 unspecified atom stereocenters. The van der Waals surface area contributed by atoms with E-state index in [1.54, 1.807) is 23.9 Å². The lowest BCUT2D eigenvalue weighted by molar-refractivity contribution is 0.626. The van der Waals surface area contributed by atoms with Crippen molar-refractivity contribution in [3.05, 3.63) is 107 Å². The first-order valence-corrected chi connectivity index (χ1v) is 9.30. The second kappa shape index (κ2) is 8.63. The third-order valence-corrected chi connectivity index (χ3v) is 4.73. The lowest BCUT2D eigenvalue weighted by Crippen LogP contribution is -1.99. The molecule has 0 amide bonds. The number of rotatable bonds is 5. The molecule has 3 aromatic carbocycles. The number of hydrogen-bond donors (Lipinski definition) is 0. The Morgan fingerprint density at radius 1 is 0.923 bits per heavy atom. The predicted octanol–water partition coefficient (Wildman–Crippen LogP) is 6.87. The predicted molar refractivity (Wildman–Crippen MR) is 110 cm³/mol. The van der Waals surface area contributed by atoms with Gasteiger partial charge in [0.2, 0.25) is 0 Å². The van der Waals surface area contributed by atoms with Crippen LogP contribution in [-0.2, 0) is 0 Å². The highest BCUT2D eigenvalue weighted by molar-refractivity contribution is 8.02. The van der Waals surface area contributed by atoms with Crippen molar-refractivity contribution in [1.82, 2.24) is 0 Å². The van der Waals surface area contributed by atoms with Crippen LogP contribution in [0.1, 0.15) is 16.7 Å². The van der Waals surface area contributed by atoms with Crippen molar-refractivity contribution in [3.8, 4) is 0 Å². The number of nitrogens with zero attached hydrogens (tertiary/aromatic N) is 1. The highest BCUT2D eigenvalue weighted by Gasteiger charge is 2.04. The first-order chi connectivity index (χ1) is 12.6. The third kappa shape index (κ3) is 4.93. The van der Waals surface area contributed by atoms with Crippen molar-refractivity contribution in [1.29, 1.82) is 0 Å². The standard InChI is InChI=1S/C23H20FNS/c1-17-6-5-8-20(16-17)25-23(22-9-4-3-7-18(22)2)14-15-26-21-12-10-19(24)11-13-21/h3-16H,1-2H3/b15-14+,25-23?. The minimum atomic E-state index is -0.222. The monoisotopic (exact) mass is 361 g/mol. The Morgan fingerprint density at radius 2 is 1.69 bits per heavy atom. The van der Waals surface area contributed by atoms with Crippen molar-refractivity contribution in [2.45, 2.75) is 18.7 Å². The van der Waals surface area contributed by atoms with Crippen molar-refractivity contribution < 1.29 is 4.39 Å². The number of halogens is 1. The van der Waals surface area contributed by atoms with Gasteiger partial charge in [-0.3, -0.25) is 0 Å². The van der Waals surface area contributed by atoms with E-state index in [1.807, 2.05) is 35.7 Å². The van der Waals surface area contributed by atoms with E-state index in [9.17, 15) is 4.39 Å². The molecule has 1 nitrogen and oxygen atoms in total. The molecular weight excluding hydrogens is 341 g/mol. The summed E-state index contributed by atoms with van der Waals surface area (Å²) in [6.45, 7) is 4.15. The molecule has 0 spiro atoms. The van der Waals surface area contributed by atoms with E-state index in [2.05, 4.69) is 38.1 Å². The van der Waals surface area contributed by atoms with Crippen LogP contribution in [0.15, 0.2) is 94.2 Å². The normalized spacial score (nSPS) is 11.9. The third-order valence-electron chi connectivity index (χ3n) is 3.92. The van der Waals surface area contributed by atoms with E-state index in [4.69, 9.17) is 4.99 Å². The maximum absolute atomic E-state index is 13.0. The van der Waals surface area contributed by atoms with Gasteiger partial charge in [0.1, 0.15) is 5.82 Å². The summed E-state index contributed by atoms with van der Waals surface area (Å²) in [6.07, 6.45) is 2.01. The molecule has 0 saturated heterocycles. The maximum atomic E-state index is 13.0. The van der Waals surface area contributed by atoms with Gasteiger partial charge < -0.3 is 0 Å². The van der Waals surface area contributed by atoms with Crippen LogP contribution in [0, 0.1) is 19.7 Å². The molecule has 0 atom stereocenters. The van der Waals surface area contributed by atoms with Crippen LogP contribution >= 0.6 is 11.8 Å². The van der Waals surface area contributed by atoms with E-state index in [0.717, 1.165) is 21.9 Å². The van der Waals surface area contributed by atoms with Gasteiger partial charge in [-0.1, -0.05) is 48.2 Å². The molecule has 0 bridgehead atoms. The number of benzene rings is 3. The molecule has 0 aliphatic rings. The minimum absolute atomic E-state index is 0.222. The van der Waals surface area contributed by atoms with Gasteiger partial charge in [-0.05, 0) is 72.9 Å². The van der Waals surface area contributed by atoms with Crippen LogP contribution in [-0.4, -0.2) is 5.71 Å². The van der Waals surface area contributed by atoms with Gasteiger partial charge in [0.05, 0.1) is 11.4 Å². The number of hydrogen-bond acceptors (Lipinski definition) is 2. The largest absolute Gasteiger partial charge is 0.248 e. The summed E-state index contributed by atoms with van der Waals surface area (Å²) in [7, 11) is 0. The zero-order valence-electron chi connectivity index (χ0n) is 14.8. The van der Waals surface area contributed by atoms with E-state index >= 15 is 0 Å². The molecule has 3 rings (SSSR count). The Bertz CT molecular complexity index is 942. The van der Waals surface area contributed by atoms with Crippen LogP contribution in [0.5, 0.6) is 0 Å². The minimum Gasteiger partial charge on any atom is -0.248 e. The van der Waals surface area contributed by atoms with Crippen LogP contribution < -0.4 is 0 Å². The molecule has 0 fully saturated rings. The smallest absolute Gasteiger partial charge is 0.123 e. The zero-order valence-corrected chi connectivity index (χ0v) is 15.6. The quantitative estimate of drug-likeness (QED) is 0.357. The van der Waals surface area contributed by atoms with E-state index in [-0.39, 0.29) is 5.82 Å². The molecule has 0 aliphatic carbocycles. The highest BCUT2D eigenvalue weighted by atomic mass is 32.2. The molecule has 0 heterocycles.